The topological polar surface area (TPSA) is 72.2 Å². The monoisotopic (exact) mass is 467 g/mol. The maximum atomic E-state index is 12.4. The molecule has 1 N–H and O–H groups in total. The van der Waals surface area contributed by atoms with Crippen LogP contribution < -0.4 is 5.43 Å². The zero-order valence-corrected chi connectivity index (χ0v) is 19.6. The smallest absolute Gasteiger partial charge is 0.250 e. The van der Waals surface area contributed by atoms with Gasteiger partial charge in [0.05, 0.1) is 12.0 Å². The van der Waals surface area contributed by atoms with Gasteiger partial charge in [-0.1, -0.05) is 72.5 Å². The molecule has 0 spiro atoms. The van der Waals surface area contributed by atoms with Gasteiger partial charge in [-0.3, -0.25) is 9.36 Å². The lowest BCUT2D eigenvalue weighted by molar-refractivity contribution is -0.118. The molecule has 0 saturated heterocycles. The lowest BCUT2D eigenvalue weighted by Crippen LogP contribution is -2.20. The van der Waals surface area contributed by atoms with Crippen molar-refractivity contribution in [2.45, 2.75) is 50.2 Å². The molecule has 8 heteroatoms. The molecule has 2 aromatic carbocycles. The fourth-order valence-corrected chi connectivity index (χ4v) is 4.86. The minimum Gasteiger partial charge on any atom is -0.299 e. The minimum absolute atomic E-state index is 0.176. The average Bonchev–Trinajstić information content (AvgIpc) is 3.23. The Morgan fingerprint density at radius 1 is 1.19 bits per heavy atom. The van der Waals surface area contributed by atoms with Crippen molar-refractivity contribution in [2.24, 2.45) is 5.10 Å². The number of hydrazone groups is 1. The molecule has 166 valence electrons. The van der Waals surface area contributed by atoms with Crippen LogP contribution in [0.3, 0.4) is 0 Å². The first-order chi connectivity index (χ1) is 15.6. The zero-order chi connectivity index (χ0) is 22.3. The molecule has 0 atom stereocenters. The van der Waals surface area contributed by atoms with Crippen LogP contribution in [0.4, 0.5) is 0 Å². The van der Waals surface area contributed by atoms with Gasteiger partial charge in [-0.25, -0.2) is 5.43 Å². The van der Waals surface area contributed by atoms with E-state index in [9.17, 15) is 4.79 Å². The molecule has 1 amide bonds. The van der Waals surface area contributed by atoms with Gasteiger partial charge < -0.3 is 0 Å². The summed E-state index contributed by atoms with van der Waals surface area (Å²) < 4.78 is 2.20. The number of benzene rings is 2. The highest BCUT2D eigenvalue weighted by atomic mass is 35.5. The number of halogens is 1. The molecule has 6 nitrogen and oxygen atoms in total. The molecule has 1 aliphatic carbocycles. The van der Waals surface area contributed by atoms with E-state index in [0.717, 1.165) is 40.5 Å². The highest BCUT2D eigenvalue weighted by Crippen LogP contribution is 2.35. The SMILES string of the molecule is Cc1cccc(/C=N\NC(=O)CSc2nnc(-c3ccc(Cl)cc3)n2C2CCCCC2)c1. The third-order valence-corrected chi connectivity index (χ3v) is 6.68. The summed E-state index contributed by atoms with van der Waals surface area (Å²) in [4.78, 5) is 12.4. The zero-order valence-electron chi connectivity index (χ0n) is 18.0. The Bertz CT molecular complexity index is 1090. The standard InChI is InChI=1S/C24H26ClN5OS/c1-17-6-5-7-18(14-17)15-26-27-22(31)16-32-24-29-28-23(19-10-12-20(25)13-11-19)30(24)21-8-3-2-4-9-21/h5-7,10-15,21H,2-4,8-9,16H2,1H3,(H,27,31)/b26-15-. The molecule has 3 aromatic rings. The first-order valence-corrected chi connectivity index (χ1v) is 12.2. The van der Waals surface area contributed by atoms with Crippen LogP contribution in [-0.4, -0.2) is 32.6 Å². The summed E-state index contributed by atoms with van der Waals surface area (Å²) in [6.07, 6.45) is 7.50. The summed E-state index contributed by atoms with van der Waals surface area (Å²) in [7, 11) is 0. The summed E-state index contributed by atoms with van der Waals surface area (Å²) in [5.41, 5.74) is 5.67. The predicted molar refractivity (Wildman–Crippen MR) is 130 cm³/mol. The highest BCUT2D eigenvalue weighted by Gasteiger charge is 2.24. The van der Waals surface area contributed by atoms with Gasteiger partial charge in [0.25, 0.3) is 5.91 Å². The molecule has 0 unspecified atom stereocenters. The fraction of sp³-hybridized carbons (Fsp3) is 0.333. The molecule has 1 aliphatic rings. The van der Waals surface area contributed by atoms with E-state index in [2.05, 4.69) is 25.3 Å². The second-order valence-electron chi connectivity index (χ2n) is 7.97. The number of nitrogens with zero attached hydrogens (tertiary/aromatic N) is 4. The minimum atomic E-state index is -0.176. The van der Waals surface area contributed by atoms with Gasteiger partial charge in [-0.15, -0.1) is 10.2 Å². The number of nitrogens with one attached hydrogen (secondary N) is 1. The van der Waals surface area contributed by atoms with Gasteiger partial charge in [0.15, 0.2) is 11.0 Å². The molecule has 0 radical (unpaired) electrons. The number of carbonyl (C=O) groups excluding carboxylic acids is 1. The highest BCUT2D eigenvalue weighted by molar-refractivity contribution is 7.99. The maximum absolute atomic E-state index is 12.4. The van der Waals surface area contributed by atoms with Crippen molar-refractivity contribution in [3.63, 3.8) is 0 Å². The molecule has 4 rings (SSSR count). The molecule has 1 heterocycles. The number of hydrogen-bond donors (Lipinski definition) is 1. The van der Waals surface area contributed by atoms with Crippen LogP contribution in [0.5, 0.6) is 0 Å². The number of aryl methyl sites for hydroxylation is 1. The molecule has 1 saturated carbocycles. The van der Waals surface area contributed by atoms with E-state index in [4.69, 9.17) is 11.6 Å². The first kappa shape index (κ1) is 22.6. The Hall–Kier alpha value is -2.64. The molecular formula is C24H26ClN5OS. The van der Waals surface area contributed by atoms with Gasteiger partial charge in [0.1, 0.15) is 0 Å². The third kappa shape index (κ3) is 5.78. The summed E-state index contributed by atoms with van der Waals surface area (Å²) in [5, 5.41) is 14.4. The number of rotatable bonds is 7. The van der Waals surface area contributed by atoms with Crippen LogP contribution in [0, 0.1) is 6.92 Å². The largest absolute Gasteiger partial charge is 0.299 e. The van der Waals surface area contributed by atoms with Crippen molar-refractivity contribution in [3.8, 4) is 11.4 Å². The second-order valence-corrected chi connectivity index (χ2v) is 9.35. The van der Waals surface area contributed by atoms with Gasteiger partial charge >= 0.3 is 0 Å². The quantitative estimate of drug-likeness (QED) is 0.276. The molecule has 1 fully saturated rings. The Morgan fingerprint density at radius 3 is 2.72 bits per heavy atom. The molecule has 0 aliphatic heterocycles. The van der Waals surface area contributed by atoms with E-state index in [-0.39, 0.29) is 11.7 Å². The van der Waals surface area contributed by atoms with E-state index in [1.54, 1.807) is 6.21 Å². The van der Waals surface area contributed by atoms with Crippen LogP contribution in [0.25, 0.3) is 11.4 Å². The first-order valence-electron chi connectivity index (χ1n) is 10.8. The van der Waals surface area contributed by atoms with Crippen LogP contribution in [0.1, 0.15) is 49.3 Å². The predicted octanol–water partition coefficient (Wildman–Crippen LogP) is 5.65. The molecule has 0 bridgehead atoms. The molecular weight excluding hydrogens is 442 g/mol. The Labute approximate surface area is 197 Å². The average molecular weight is 468 g/mol. The fourth-order valence-electron chi connectivity index (χ4n) is 3.93. The second kappa shape index (κ2) is 10.8. The maximum Gasteiger partial charge on any atom is 0.250 e. The lowest BCUT2D eigenvalue weighted by Gasteiger charge is -2.25. The van der Waals surface area contributed by atoms with E-state index in [1.165, 1.54) is 31.0 Å². The summed E-state index contributed by atoms with van der Waals surface area (Å²) in [5.74, 6) is 0.871. The number of amides is 1. The van der Waals surface area contributed by atoms with E-state index < -0.39 is 0 Å². The van der Waals surface area contributed by atoms with Crippen LogP contribution >= 0.6 is 23.4 Å². The van der Waals surface area contributed by atoms with E-state index in [1.807, 2.05) is 55.5 Å². The van der Waals surface area contributed by atoms with Crippen LogP contribution in [0.2, 0.25) is 5.02 Å². The Kier molecular flexibility index (Phi) is 7.60. The molecule has 32 heavy (non-hydrogen) atoms. The van der Waals surface area contributed by atoms with Gasteiger partial charge in [-0.05, 0) is 49.6 Å². The van der Waals surface area contributed by atoms with Crippen molar-refractivity contribution < 1.29 is 4.79 Å². The van der Waals surface area contributed by atoms with Gasteiger partial charge in [-0.2, -0.15) is 5.10 Å². The number of carbonyl (C=O) groups is 1. The normalized spacial score (nSPS) is 14.7. The van der Waals surface area contributed by atoms with Crippen molar-refractivity contribution in [1.82, 2.24) is 20.2 Å². The van der Waals surface area contributed by atoms with Gasteiger partial charge in [0.2, 0.25) is 0 Å². The van der Waals surface area contributed by atoms with Crippen molar-refractivity contribution in [1.29, 1.82) is 0 Å². The Balaban J connectivity index is 1.45. The summed E-state index contributed by atoms with van der Waals surface area (Å²) in [6, 6.07) is 15.9. The van der Waals surface area contributed by atoms with E-state index in [0.29, 0.717) is 11.1 Å². The Morgan fingerprint density at radius 2 is 1.97 bits per heavy atom. The van der Waals surface area contributed by atoms with E-state index >= 15 is 0 Å². The van der Waals surface area contributed by atoms with Crippen molar-refractivity contribution >= 4 is 35.5 Å². The number of hydrogen-bond acceptors (Lipinski definition) is 5. The summed E-state index contributed by atoms with van der Waals surface area (Å²) >= 11 is 7.46. The molecule has 1 aromatic heterocycles. The van der Waals surface area contributed by atoms with Crippen molar-refractivity contribution in [3.05, 3.63) is 64.7 Å². The number of aromatic nitrogens is 3. The van der Waals surface area contributed by atoms with Crippen LogP contribution in [-0.2, 0) is 4.79 Å². The summed E-state index contributed by atoms with van der Waals surface area (Å²) in [6.45, 7) is 2.02. The number of thioether (sulfide) groups is 1. The third-order valence-electron chi connectivity index (χ3n) is 5.48. The van der Waals surface area contributed by atoms with Crippen LogP contribution in [0.15, 0.2) is 58.8 Å². The lowest BCUT2D eigenvalue weighted by atomic mass is 9.95. The van der Waals surface area contributed by atoms with Crippen molar-refractivity contribution in [2.75, 3.05) is 5.75 Å². The van der Waals surface area contributed by atoms with Gasteiger partial charge in [0, 0.05) is 16.6 Å².